The number of hydrazone groups is 1. The number of amides is 1. The van der Waals surface area contributed by atoms with E-state index in [0.717, 1.165) is 5.39 Å². The molecule has 0 unspecified atom stereocenters. The average molecular weight is 499 g/mol. The summed E-state index contributed by atoms with van der Waals surface area (Å²) in [5.74, 6) is 0.0644. The fourth-order valence-corrected chi connectivity index (χ4v) is 3.87. The van der Waals surface area contributed by atoms with Crippen LogP contribution in [-0.4, -0.2) is 48.6 Å². The van der Waals surface area contributed by atoms with E-state index in [9.17, 15) is 9.90 Å². The molecule has 1 amide bonds. The molecule has 12 heteroatoms. The monoisotopic (exact) mass is 498 g/mol. The number of nitrogens with two attached hydrogens (primary N) is 1. The molecule has 2 aromatic heterocycles. The van der Waals surface area contributed by atoms with Crippen molar-refractivity contribution in [2.75, 3.05) is 12.3 Å². The van der Waals surface area contributed by atoms with Gasteiger partial charge in [0.15, 0.2) is 5.69 Å². The smallest absolute Gasteiger partial charge is 0.294 e. The minimum Gasteiger partial charge on any atom is -0.507 e. The molecular weight excluding hydrogens is 476 g/mol. The molecule has 0 aliphatic carbocycles. The third kappa shape index (κ3) is 4.43. The second kappa shape index (κ2) is 9.77. The van der Waals surface area contributed by atoms with Crippen LogP contribution in [0.2, 0.25) is 0 Å². The summed E-state index contributed by atoms with van der Waals surface area (Å²) in [6.45, 7) is 4.01. The minimum absolute atomic E-state index is 0.0280. The molecule has 0 aliphatic heterocycles. The summed E-state index contributed by atoms with van der Waals surface area (Å²) in [6.07, 6.45) is 0. The molecule has 186 valence electrons. The number of hydrogen-bond donors (Lipinski definition) is 3. The molecule has 4 N–H and O–H groups in total. The van der Waals surface area contributed by atoms with Crippen molar-refractivity contribution in [1.29, 1.82) is 0 Å². The van der Waals surface area contributed by atoms with E-state index in [2.05, 4.69) is 31.2 Å². The SMILES string of the molecule is CCOc1cccc(-c2c(C(=O)NN=C(C)c3ccc4ccccc4c3O)nnn2-c2nonc2N)c1. The second-order valence-electron chi connectivity index (χ2n) is 7.95. The lowest BCUT2D eigenvalue weighted by atomic mass is 10.0. The lowest BCUT2D eigenvalue weighted by molar-refractivity contribution is 0.0950. The molecule has 0 saturated carbocycles. The summed E-state index contributed by atoms with van der Waals surface area (Å²) < 4.78 is 11.6. The molecule has 0 radical (unpaired) electrons. The van der Waals surface area contributed by atoms with Crippen LogP contribution in [0.3, 0.4) is 0 Å². The van der Waals surface area contributed by atoms with Crippen LogP contribution >= 0.6 is 0 Å². The van der Waals surface area contributed by atoms with Crippen molar-refractivity contribution in [1.82, 2.24) is 30.7 Å². The molecule has 2 heterocycles. The maximum Gasteiger partial charge on any atom is 0.294 e. The number of carbonyl (C=O) groups excluding carboxylic acids is 1. The zero-order valence-corrected chi connectivity index (χ0v) is 19.9. The number of fused-ring (bicyclic) bond motifs is 1. The Bertz CT molecular complexity index is 1640. The highest BCUT2D eigenvalue weighted by atomic mass is 16.6. The summed E-state index contributed by atoms with van der Waals surface area (Å²) in [5.41, 5.74) is 10.0. The van der Waals surface area contributed by atoms with Crippen LogP contribution < -0.4 is 15.9 Å². The number of hydrogen-bond acceptors (Lipinski definition) is 10. The molecular formula is C25H22N8O4. The molecule has 12 nitrogen and oxygen atoms in total. The van der Waals surface area contributed by atoms with Crippen molar-refractivity contribution in [2.45, 2.75) is 13.8 Å². The highest BCUT2D eigenvalue weighted by molar-refractivity contribution is 6.07. The fourth-order valence-electron chi connectivity index (χ4n) is 3.87. The Labute approximate surface area is 210 Å². The van der Waals surface area contributed by atoms with Gasteiger partial charge in [-0.15, -0.1) is 5.10 Å². The number of aromatic hydroxyl groups is 1. The van der Waals surface area contributed by atoms with Crippen molar-refractivity contribution in [3.63, 3.8) is 0 Å². The van der Waals surface area contributed by atoms with Crippen LogP contribution in [0, 0.1) is 0 Å². The number of nitrogen functional groups attached to an aromatic ring is 1. The molecule has 5 aromatic rings. The van der Waals surface area contributed by atoms with Crippen molar-refractivity contribution in [3.8, 4) is 28.6 Å². The molecule has 0 fully saturated rings. The number of nitrogens with one attached hydrogen (secondary N) is 1. The van der Waals surface area contributed by atoms with Gasteiger partial charge in [0.25, 0.3) is 5.91 Å². The highest BCUT2D eigenvalue weighted by Crippen LogP contribution is 2.30. The van der Waals surface area contributed by atoms with Crippen LogP contribution in [0.4, 0.5) is 5.82 Å². The van der Waals surface area contributed by atoms with E-state index in [1.165, 1.54) is 4.68 Å². The first-order valence-electron chi connectivity index (χ1n) is 11.3. The van der Waals surface area contributed by atoms with Gasteiger partial charge in [-0.25, -0.2) is 10.1 Å². The number of rotatable bonds is 7. The van der Waals surface area contributed by atoms with Gasteiger partial charge in [-0.3, -0.25) is 4.79 Å². The van der Waals surface area contributed by atoms with E-state index in [0.29, 0.717) is 34.6 Å². The van der Waals surface area contributed by atoms with Crippen LogP contribution in [-0.2, 0) is 0 Å². The third-order valence-corrected chi connectivity index (χ3v) is 5.62. The third-order valence-electron chi connectivity index (χ3n) is 5.62. The summed E-state index contributed by atoms with van der Waals surface area (Å²) >= 11 is 0. The van der Waals surface area contributed by atoms with E-state index >= 15 is 0 Å². The van der Waals surface area contributed by atoms with Crippen LogP contribution in [0.1, 0.15) is 29.9 Å². The minimum atomic E-state index is -0.641. The summed E-state index contributed by atoms with van der Waals surface area (Å²) in [5, 5.41) is 32.0. The van der Waals surface area contributed by atoms with E-state index in [-0.39, 0.29) is 28.8 Å². The van der Waals surface area contributed by atoms with E-state index in [1.54, 1.807) is 37.3 Å². The predicted octanol–water partition coefficient (Wildman–Crippen LogP) is 3.31. The van der Waals surface area contributed by atoms with Crippen molar-refractivity contribution in [2.24, 2.45) is 5.10 Å². The molecule has 5 rings (SSSR count). The zero-order valence-electron chi connectivity index (χ0n) is 19.9. The van der Waals surface area contributed by atoms with Gasteiger partial charge in [-0.05, 0) is 47.7 Å². The quantitative estimate of drug-likeness (QED) is 0.225. The molecule has 0 aliphatic rings. The average Bonchev–Trinajstić information content (AvgIpc) is 3.54. The lowest BCUT2D eigenvalue weighted by Gasteiger charge is -2.09. The number of benzene rings is 3. The molecule has 0 spiro atoms. The largest absolute Gasteiger partial charge is 0.507 e. The lowest BCUT2D eigenvalue weighted by Crippen LogP contribution is -2.21. The Morgan fingerprint density at radius 1 is 1.16 bits per heavy atom. The maximum atomic E-state index is 13.2. The standard InChI is InChI=1S/C25H22N8O4/c1-3-36-17-9-6-8-16(13-17)21-20(28-32-33(21)24-23(26)30-37-31-24)25(35)29-27-14(2)18-12-11-15-7-4-5-10-19(15)22(18)34/h4-13,34H,3H2,1-2H3,(H2,26,30)(H,29,35). The van der Waals surface area contributed by atoms with E-state index < -0.39 is 5.91 Å². The van der Waals surface area contributed by atoms with Gasteiger partial charge in [-0.2, -0.15) is 9.78 Å². The Kier molecular flexibility index (Phi) is 6.20. The number of nitrogens with zero attached hydrogens (tertiary/aromatic N) is 6. The number of carbonyl (C=O) groups is 1. The molecule has 0 saturated heterocycles. The molecule has 37 heavy (non-hydrogen) atoms. The van der Waals surface area contributed by atoms with Crippen LogP contribution in [0.5, 0.6) is 11.5 Å². The number of phenolic OH excluding ortho intramolecular Hbond substituents is 1. The van der Waals surface area contributed by atoms with E-state index in [1.807, 2.05) is 37.3 Å². The van der Waals surface area contributed by atoms with Crippen molar-refractivity contribution in [3.05, 3.63) is 71.9 Å². The Morgan fingerprint density at radius 2 is 2.00 bits per heavy atom. The van der Waals surface area contributed by atoms with Crippen LogP contribution in [0.15, 0.2) is 70.4 Å². The number of aromatic nitrogens is 5. The number of anilines is 1. The number of phenols is 1. The Balaban J connectivity index is 1.52. The highest BCUT2D eigenvalue weighted by Gasteiger charge is 2.25. The predicted molar refractivity (Wildman–Crippen MR) is 136 cm³/mol. The molecule has 3 aromatic carbocycles. The van der Waals surface area contributed by atoms with E-state index in [4.69, 9.17) is 15.1 Å². The molecule has 0 atom stereocenters. The Hall–Kier alpha value is -5.26. The summed E-state index contributed by atoms with van der Waals surface area (Å²) in [4.78, 5) is 13.2. The number of ether oxygens (including phenoxy) is 1. The molecule has 0 bridgehead atoms. The van der Waals surface area contributed by atoms with Gasteiger partial charge >= 0.3 is 0 Å². The van der Waals surface area contributed by atoms with Gasteiger partial charge in [0, 0.05) is 16.5 Å². The van der Waals surface area contributed by atoms with Crippen molar-refractivity contribution >= 4 is 28.2 Å². The van der Waals surface area contributed by atoms with Crippen molar-refractivity contribution < 1.29 is 19.3 Å². The summed E-state index contributed by atoms with van der Waals surface area (Å²) in [6, 6.07) is 18.1. The van der Waals surface area contributed by atoms with Gasteiger partial charge < -0.3 is 15.6 Å². The Morgan fingerprint density at radius 3 is 2.78 bits per heavy atom. The first-order valence-corrected chi connectivity index (χ1v) is 11.3. The summed E-state index contributed by atoms with van der Waals surface area (Å²) in [7, 11) is 0. The van der Waals surface area contributed by atoms with Gasteiger partial charge in [-0.1, -0.05) is 47.7 Å². The first kappa shape index (κ1) is 23.5. The fraction of sp³-hybridized carbons (Fsp3) is 0.120. The van der Waals surface area contributed by atoms with Gasteiger partial charge in [0.05, 0.1) is 12.3 Å². The van der Waals surface area contributed by atoms with Gasteiger partial charge in [0.2, 0.25) is 11.6 Å². The second-order valence-corrected chi connectivity index (χ2v) is 7.95. The normalized spacial score (nSPS) is 11.6. The maximum absolute atomic E-state index is 13.2. The topological polar surface area (TPSA) is 167 Å². The van der Waals surface area contributed by atoms with Gasteiger partial charge in [0.1, 0.15) is 17.2 Å². The van der Waals surface area contributed by atoms with Crippen LogP contribution in [0.25, 0.3) is 27.8 Å². The first-order chi connectivity index (χ1) is 18.0. The zero-order chi connectivity index (χ0) is 25.9.